The van der Waals surface area contributed by atoms with E-state index in [9.17, 15) is 13.8 Å². The minimum atomic E-state index is -3.56. The molecule has 0 saturated carbocycles. The van der Waals surface area contributed by atoms with Crippen LogP contribution in [0.15, 0.2) is 55.2 Å². The van der Waals surface area contributed by atoms with Crippen molar-refractivity contribution in [2.24, 2.45) is 9.50 Å². The molecule has 4 unspecified atom stereocenters. The highest BCUT2D eigenvalue weighted by Crippen LogP contribution is 2.44. The lowest BCUT2D eigenvalue weighted by atomic mass is 9.85. The van der Waals surface area contributed by atoms with Crippen molar-refractivity contribution in [3.63, 3.8) is 0 Å². The largest absolute Gasteiger partial charge is 0.352 e. The quantitative estimate of drug-likeness (QED) is 0.114. The number of carbonyl (C=O) groups is 2. The highest BCUT2D eigenvalue weighted by molar-refractivity contribution is 7.91. The van der Waals surface area contributed by atoms with Gasteiger partial charge in [0, 0.05) is 28.3 Å². The molecule has 6 N–H and O–H groups in total. The number of nitrogens with zero attached hydrogens (tertiary/aromatic N) is 2. The molecule has 4 atom stereocenters. The number of fused-ring (bicyclic) bond motifs is 4. The molecule has 13 heteroatoms. The van der Waals surface area contributed by atoms with Crippen LogP contribution < -0.4 is 20.5 Å². The SMILES string of the molecule is CC(Cc1c2c(c(NC(=O)NS(=N)(=O)c3ccc(C4CCCN4C)cc3)c3c1CCC3)CCC2)c1csc(S(N)=NC(=O)Nc2c3c(cc4c2CCC4)CCC3)c1. The molecule has 1 aliphatic heterocycles. The lowest BCUT2D eigenvalue weighted by Crippen LogP contribution is -2.34. The summed E-state index contributed by atoms with van der Waals surface area (Å²) in [5.74, 6) is 0.222. The topological polar surface area (TPSA) is 153 Å². The zero-order valence-electron chi connectivity index (χ0n) is 32.9. The Morgan fingerprint density at radius 2 is 1.47 bits per heavy atom. The molecule has 1 saturated heterocycles. The van der Waals surface area contributed by atoms with E-state index < -0.39 is 26.8 Å². The molecule has 9 rings (SSSR count). The van der Waals surface area contributed by atoms with Gasteiger partial charge in [-0.3, -0.25) is 10.0 Å². The number of likely N-dealkylation sites (tertiary alicyclic amines) is 1. The monoisotopic (exact) mass is 823 g/mol. The Morgan fingerprint density at radius 1 is 0.877 bits per heavy atom. The second kappa shape index (κ2) is 15.7. The summed E-state index contributed by atoms with van der Waals surface area (Å²) < 4.78 is 30.1. The molecule has 0 radical (unpaired) electrons. The third-order valence-electron chi connectivity index (χ3n) is 13.1. The van der Waals surface area contributed by atoms with Gasteiger partial charge in [-0.2, -0.15) is 4.36 Å². The minimum absolute atomic E-state index is 0.222. The van der Waals surface area contributed by atoms with E-state index in [1.807, 2.05) is 12.1 Å². The number of nitrogens with two attached hydrogens (primary N) is 1. The number of nitrogens with one attached hydrogen (secondary N) is 4. The van der Waals surface area contributed by atoms with Crippen molar-refractivity contribution < 1.29 is 13.8 Å². The van der Waals surface area contributed by atoms with Gasteiger partial charge in [-0.05, 0) is 201 Å². The average Bonchev–Trinajstić information content (AvgIpc) is 4.04. The van der Waals surface area contributed by atoms with Crippen molar-refractivity contribution in [2.45, 2.75) is 124 Å². The van der Waals surface area contributed by atoms with Crippen molar-refractivity contribution in [1.29, 1.82) is 4.78 Å². The normalized spacial score (nSPS) is 20.4. The maximum atomic E-state index is 13.6. The Kier molecular flexibility index (Phi) is 10.6. The van der Waals surface area contributed by atoms with Crippen LogP contribution in [0, 0.1) is 4.78 Å². The molecule has 4 aromatic rings. The van der Waals surface area contributed by atoms with Gasteiger partial charge in [0.05, 0.1) is 9.10 Å². The number of hydrogen-bond donors (Lipinski definition) is 5. The Bertz CT molecular complexity index is 2350. The van der Waals surface area contributed by atoms with Crippen LogP contribution in [0.3, 0.4) is 0 Å². The maximum absolute atomic E-state index is 13.6. The second-order valence-corrected chi connectivity index (χ2v) is 20.9. The first-order valence-electron chi connectivity index (χ1n) is 20.7. The Hall–Kier alpha value is -3.88. The molecule has 4 amide bonds. The third-order valence-corrected chi connectivity index (χ3v) is 17.0. The Morgan fingerprint density at radius 3 is 2.11 bits per heavy atom. The van der Waals surface area contributed by atoms with Gasteiger partial charge in [0.15, 0.2) is 9.92 Å². The van der Waals surface area contributed by atoms with Crippen LogP contribution in [0.1, 0.15) is 119 Å². The number of aryl methyl sites for hydroxylation is 2. The van der Waals surface area contributed by atoms with Crippen LogP contribution in [-0.4, -0.2) is 34.8 Å². The average molecular weight is 824 g/mol. The lowest BCUT2D eigenvalue weighted by molar-refractivity contribution is 0.256. The molecule has 5 aliphatic rings. The van der Waals surface area contributed by atoms with Gasteiger partial charge in [0.2, 0.25) is 0 Å². The standard InChI is InChI=1S/C44H53N7O3S3/c1-26(30-24-40(55-25-30)56(45)49-43(52)47-41-32-10-3-8-28(32)23-29-9-4-11-33(29)41)22-38-34-12-5-14-36(34)42(37-15-6-13-35(37)38)48-44(53)50-57(46,54)31-19-17-27(18-20-31)39-16-7-21-51(39)2/h17-20,23-26,39H,3-16,21-22H2,1-2H3,(H3,45,47,49,52)(H3,46,48,50,53,54). The summed E-state index contributed by atoms with van der Waals surface area (Å²) in [6.07, 6.45) is 15.2. The molecule has 1 fully saturated rings. The number of thiophene rings is 1. The molecule has 3 aromatic carbocycles. The molecule has 4 aliphatic carbocycles. The summed E-state index contributed by atoms with van der Waals surface area (Å²) in [6.45, 7) is 3.31. The molecular formula is C44H53N7O3S3. The van der Waals surface area contributed by atoms with Crippen LogP contribution in [0.5, 0.6) is 0 Å². The number of amides is 4. The zero-order valence-corrected chi connectivity index (χ0v) is 35.4. The summed E-state index contributed by atoms with van der Waals surface area (Å²) in [4.78, 5) is 29.4. The Balaban J connectivity index is 0.891. The van der Waals surface area contributed by atoms with Gasteiger partial charge < -0.3 is 10.6 Å². The third kappa shape index (κ3) is 7.50. The first kappa shape index (κ1) is 38.6. The smallest absolute Gasteiger partial charge is 0.307 e. The minimum Gasteiger partial charge on any atom is -0.307 e. The molecule has 1 aromatic heterocycles. The summed E-state index contributed by atoms with van der Waals surface area (Å²) >= 11 is 1.57. The molecule has 300 valence electrons. The number of carbonyl (C=O) groups excluding carboxylic acids is 2. The van der Waals surface area contributed by atoms with Crippen molar-refractivity contribution in [3.8, 4) is 0 Å². The first-order chi connectivity index (χ1) is 27.5. The van der Waals surface area contributed by atoms with Crippen LogP contribution in [0.25, 0.3) is 0 Å². The molecule has 10 nitrogen and oxygen atoms in total. The van der Waals surface area contributed by atoms with E-state index in [0.29, 0.717) is 10.9 Å². The molecule has 57 heavy (non-hydrogen) atoms. The summed E-state index contributed by atoms with van der Waals surface area (Å²) in [7, 11) is -2.50. The van der Waals surface area contributed by atoms with Gasteiger partial charge in [0.25, 0.3) is 0 Å². The predicted octanol–water partition coefficient (Wildman–Crippen LogP) is 9.22. The molecule has 0 bridgehead atoms. The van der Waals surface area contributed by atoms with E-state index in [4.69, 9.17) is 9.92 Å². The number of rotatable bonds is 9. The van der Waals surface area contributed by atoms with Gasteiger partial charge in [-0.25, -0.2) is 23.3 Å². The molecular weight excluding hydrogens is 771 g/mol. The van der Waals surface area contributed by atoms with Gasteiger partial charge in [0.1, 0.15) is 0 Å². The van der Waals surface area contributed by atoms with E-state index in [0.717, 1.165) is 124 Å². The number of hydrogen-bond acceptors (Lipinski definition) is 6. The lowest BCUT2D eigenvalue weighted by Gasteiger charge is -2.23. The molecule has 2 heterocycles. The van der Waals surface area contributed by atoms with E-state index >= 15 is 0 Å². The van der Waals surface area contributed by atoms with Crippen LogP contribution in [-0.2, 0) is 78.6 Å². The van der Waals surface area contributed by atoms with Crippen molar-refractivity contribution >= 4 is 55.6 Å². The number of anilines is 2. The van der Waals surface area contributed by atoms with E-state index in [-0.39, 0.29) is 11.9 Å². The van der Waals surface area contributed by atoms with Crippen molar-refractivity contribution in [3.05, 3.63) is 103 Å². The fourth-order valence-corrected chi connectivity index (χ4v) is 13.3. The first-order valence-corrected chi connectivity index (χ1v) is 24.3. The van der Waals surface area contributed by atoms with E-state index in [2.05, 4.69) is 56.1 Å². The van der Waals surface area contributed by atoms with Crippen LogP contribution in [0.4, 0.5) is 21.0 Å². The fraction of sp³-hybridized carbons (Fsp3) is 0.455. The van der Waals surface area contributed by atoms with Crippen LogP contribution >= 0.6 is 11.3 Å². The number of benzene rings is 3. The number of urea groups is 2. The summed E-state index contributed by atoms with van der Waals surface area (Å²) in [6, 6.07) is 11.2. The van der Waals surface area contributed by atoms with Gasteiger partial charge in [-0.15, -0.1) is 11.3 Å². The Labute approximate surface area is 343 Å². The van der Waals surface area contributed by atoms with Gasteiger partial charge in [-0.1, -0.05) is 25.1 Å². The highest BCUT2D eigenvalue weighted by atomic mass is 32.2. The summed E-state index contributed by atoms with van der Waals surface area (Å²) in [5, 5.41) is 15.0. The van der Waals surface area contributed by atoms with Crippen molar-refractivity contribution in [2.75, 3.05) is 24.2 Å². The highest BCUT2D eigenvalue weighted by Gasteiger charge is 2.31. The zero-order chi connectivity index (χ0) is 39.4. The van der Waals surface area contributed by atoms with E-state index in [1.165, 1.54) is 55.6 Å². The maximum Gasteiger partial charge on any atom is 0.352 e. The van der Waals surface area contributed by atoms with Gasteiger partial charge >= 0.3 is 12.1 Å². The fourth-order valence-electron chi connectivity index (χ4n) is 10.4. The van der Waals surface area contributed by atoms with Crippen LogP contribution in [0.2, 0.25) is 0 Å². The molecule has 0 spiro atoms. The van der Waals surface area contributed by atoms with Crippen molar-refractivity contribution in [1.82, 2.24) is 9.62 Å². The second-order valence-electron chi connectivity index (χ2n) is 16.7. The van der Waals surface area contributed by atoms with E-state index in [1.54, 1.807) is 23.5 Å². The predicted molar refractivity (Wildman–Crippen MR) is 231 cm³/mol. The summed E-state index contributed by atoms with van der Waals surface area (Å²) in [5.41, 5.74) is 15.9.